The van der Waals surface area contributed by atoms with Crippen LogP contribution in [0.3, 0.4) is 0 Å². The molecular formula is C17H18O3S. The predicted octanol–water partition coefficient (Wildman–Crippen LogP) is 4.09. The monoisotopic (exact) mass is 302 g/mol. The van der Waals surface area contributed by atoms with Gasteiger partial charge in [0.15, 0.2) is 0 Å². The molecule has 0 aliphatic heterocycles. The molecule has 2 aromatic rings. The molecule has 0 saturated heterocycles. The molecule has 0 amide bonds. The molecule has 0 N–H and O–H groups in total. The fourth-order valence-electron chi connectivity index (χ4n) is 1.91. The summed E-state index contributed by atoms with van der Waals surface area (Å²) >= 11 is 1.46. The number of hydrogen-bond acceptors (Lipinski definition) is 4. The van der Waals surface area contributed by atoms with Crippen molar-refractivity contribution >= 4 is 17.7 Å². The molecule has 3 nitrogen and oxygen atoms in total. The Hall–Kier alpha value is -1.94. The topological polar surface area (TPSA) is 35.5 Å². The standard InChI is InChI=1S/C17H18O3S/c1-3-20-17(18)16(13-8-5-4-6-9-13)21-15-11-7-10-14(12-15)19-2/h4-12,16H,3H2,1-2H3. The van der Waals surface area contributed by atoms with Gasteiger partial charge in [0.1, 0.15) is 11.0 Å². The lowest BCUT2D eigenvalue weighted by Gasteiger charge is -2.16. The van der Waals surface area contributed by atoms with E-state index in [1.807, 2.05) is 61.5 Å². The molecule has 1 atom stereocenters. The number of hydrogen-bond donors (Lipinski definition) is 0. The molecule has 0 fully saturated rings. The van der Waals surface area contributed by atoms with Gasteiger partial charge in [0.05, 0.1) is 13.7 Å². The van der Waals surface area contributed by atoms with E-state index in [2.05, 4.69) is 0 Å². The van der Waals surface area contributed by atoms with Crippen LogP contribution in [0, 0.1) is 0 Å². The minimum absolute atomic E-state index is 0.225. The van der Waals surface area contributed by atoms with Gasteiger partial charge in [0.25, 0.3) is 0 Å². The molecule has 4 heteroatoms. The van der Waals surface area contributed by atoms with Gasteiger partial charge in [-0.25, -0.2) is 0 Å². The molecule has 0 aliphatic rings. The van der Waals surface area contributed by atoms with Gasteiger partial charge in [-0.1, -0.05) is 36.4 Å². The van der Waals surface area contributed by atoms with Crippen LogP contribution in [0.1, 0.15) is 17.7 Å². The number of ether oxygens (including phenoxy) is 2. The average Bonchev–Trinajstić information content (AvgIpc) is 2.54. The van der Waals surface area contributed by atoms with Crippen LogP contribution in [0.15, 0.2) is 59.5 Å². The van der Waals surface area contributed by atoms with Crippen molar-refractivity contribution in [2.24, 2.45) is 0 Å². The highest BCUT2D eigenvalue weighted by Crippen LogP contribution is 2.37. The third-order valence-corrected chi connectivity index (χ3v) is 4.12. The summed E-state index contributed by atoms with van der Waals surface area (Å²) < 4.78 is 10.4. The van der Waals surface area contributed by atoms with Crippen LogP contribution in [0.4, 0.5) is 0 Å². The molecule has 1 unspecified atom stereocenters. The summed E-state index contributed by atoms with van der Waals surface area (Å²) in [6.45, 7) is 2.19. The molecule has 2 aromatic carbocycles. The minimum Gasteiger partial charge on any atom is -0.497 e. The molecule has 110 valence electrons. The third-order valence-electron chi connectivity index (χ3n) is 2.90. The molecule has 0 aromatic heterocycles. The van der Waals surface area contributed by atoms with Gasteiger partial charge in [-0.15, -0.1) is 11.8 Å². The molecule has 0 bridgehead atoms. The third kappa shape index (κ3) is 4.26. The van der Waals surface area contributed by atoms with Crippen LogP contribution in [0.25, 0.3) is 0 Å². The Morgan fingerprint density at radius 3 is 2.57 bits per heavy atom. The van der Waals surface area contributed by atoms with Crippen molar-refractivity contribution < 1.29 is 14.3 Å². The molecule has 0 spiro atoms. The van der Waals surface area contributed by atoms with Crippen molar-refractivity contribution in [1.82, 2.24) is 0 Å². The second kappa shape index (κ2) is 7.74. The van der Waals surface area contributed by atoms with Gasteiger partial charge in [-0.05, 0) is 30.7 Å². The molecule has 2 rings (SSSR count). The average molecular weight is 302 g/mol. The Balaban J connectivity index is 2.25. The molecule has 0 saturated carbocycles. The van der Waals surface area contributed by atoms with E-state index in [-0.39, 0.29) is 11.2 Å². The van der Waals surface area contributed by atoms with E-state index in [4.69, 9.17) is 9.47 Å². The van der Waals surface area contributed by atoms with Gasteiger partial charge in [0, 0.05) is 4.90 Å². The van der Waals surface area contributed by atoms with Crippen LogP contribution in [0.2, 0.25) is 0 Å². The van der Waals surface area contributed by atoms with Crippen LogP contribution < -0.4 is 4.74 Å². The van der Waals surface area contributed by atoms with Crippen molar-refractivity contribution in [2.45, 2.75) is 17.1 Å². The summed E-state index contributed by atoms with van der Waals surface area (Å²) in [4.78, 5) is 13.2. The van der Waals surface area contributed by atoms with E-state index < -0.39 is 0 Å². The minimum atomic E-state index is -0.377. The van der Waals surface area contributed by atoms with Gasteiger partial charge >= 0.3 is 5.97 Å². The van der Waals surface area contributed by atoms with Crippen molar-refractivity contribution in [3.63, 3.8) is 0 Å². The smallest absolute Gasteiger partial charge is 0.323 e. The van der Waals surface area contributed by atoms with Crippen molar-refractivity contribution in [2.75, 3.05) is 13.7 Å². The van der Waals surface area contributed by atoms with E-state index in [1.165, 1.54) is 11.8 Å². The first-order valence-electron chi connectivity index (χ1n) is 6.77. The summed E-state index contributed by atoms with van der Waals surface area (Å²) in [6.07, 6.45) is 0. The largest absolute Gasteiger partial charge is 0.497 e. The zero-order chi connectivity index (χ0) is 15.1. The van der Waals surface area contributed by atoms with E-state index >= 15 is 0 Å². The van der Waals surface area contributed by atoms with Gasteiger partial charge < -0.3 is 9.47 Å². The Kier molecular flexibility index (Phi) is 5.69. The number of thioether (sulfide) groups is 1. The van der Waals surface area contributed by atoms with E-state index in [1.54, 1.807) is 7.11 Å². The van der Waals surface area contributed by atoms with E-state index in [9.17, 15) is 4.79 Å². The fourth-order valence-corrected chi connectivity index (χ4v) is 2.98. The Labute approximate surface area is 129 Å². The van der Waals surface area contributed by atoms with Crippen LogP contribution >= 0.6 is 11.8 Å². The maximum atomic E-state index is 12.2. The van der Waals surface area contributed by atoms with Gasteiger partial charge in [-0.3, -0.25) is 4.79 Å². The quantitative estimate of drug-likeness (QED) is 0.594. The number of carbonyl (C=O) groups excluding carboxylic acids is 1. The van der Waals surface area contributed by atoms with Crippen molar-refractivity contribution in [1.29, 1.82) is 0 Å². The maximum absolute atomic E-state index is 12.2. The summed E-state index contributed by atoms with van der Waals surface area (Å²) in [7, 11) is 1.63. The predicted molar refractivity (Wildman–Crippen MR) is 84.7 cm³/mol. The Morgan fingerprint density at radius 1 is 1.14 bits per heavy atom. The highest BCUT2D eigenvalue weighted by Gasteiger charge is 2.23. The summed E-state index contributed by atoms with van der Waals surface area (Å²) in [5.74, 6) is 0.548. The van der Waals surface area contributed by atoms with Crippen LogP contribution in [-0.4, -0.2) is 19.7 Å². The molecule has 0 heterocycles. The Bertz CT molecular complexity index is 584. The van der Waals surface area contributed by atoms with E-state index in [0.717, 1.165) is 16.2 Å². The SMILES string of the molecule is CCOC(=O)C(Sc1cccc(OC)c1)c1ccccc1. The van der Waals surface area contributed by atoms with Crippen molar-refractivity contribution in [3.8, 4) is 5.75 Å². The van der Waals surface area contributed by atoms with Gasteiger partial charge in [-0.2, -0.15) is 0 Å². The number of benzene rings is 2. The molecule has 0 radical (unpaired) electrons. The lowest BCUT2D eigenvalue weighted by molar-refractivity contribution is -0.142. The lowest BCUT2D eigenvalue weighted by atomic mass is 10.1. The Morgan fingerprint density at radius 2 is 1.90 bits per heavy atom. The zero-order valence-corrected chi connectivity index (χ0v) is 12.9. The highest BCUT2D eigenvalue weighted by atomic mass is 32.2. The maximum Gasteiger partial charge on any atom is 0.323 e. The van der Waals surface area contributed by atoms with Crippen molar-refractivity contribution in [3.05, 3.63) is 60.2 Å². The molecule has 0 aliphatic carbocycles. The summed E-state index contributed by atoms with van der Waals surface area (Å²) in [6, 6.07) is 17.3. The number of methoxy groups -OCH3 is 1. The highest BCUT2D eigenvalue weighted by molar-refractivity contribution is 8.00. The second-order valence-electron chi connectivity index (χ2n) is 4.34. The van der Waals surface area contributed by atoms with E-state index in [0.29, 0.717) is 6.61 Å². The summed E-state index contributed by atoms with van der Waals surface area (Å²) in [5.41, 5.74) is 0.934. The van der Waals surface area contributed by atoms with Crippen LogP contribution in [-0.2, 0) is 9.53 Å². The molecule has 21 heavy (non-hydrogen) atoms. The lowest BCUT2D eigenvalue weighted by Crippen LogP contribution is -2.13. The first-order chi connectivity index (χ1) is 10.2. The summed E-state index contributed by atoms with van der Waals surface area (Å²) in [5, 5.41) is -0.377. The first-order valence-corrected chi connectivity index (χ1v) is 7.65. The zero-order valence-electron chi connectivity index (χ0n) is 12.1. The second-order valence-corrected chi connectivity index (χ2v) is 5.52. The first kappa shape index (κ1) is 15.4. The number of esters is 1. The number of carbonyl (C=O) groups is 1. The number of rotatable bonds is 6. The molecular weight excluding hydrogens is 284 g/mol. The fraction of sp³-hybridized carbons (Fsp3) is 0.235. The van der Waals surface area contributed by atoms with Gasteiger partial charge in [0.2, 0.25) is 0 Å². The van der Waals surface area contributed by atoms with Crippen LogP contribution in [0.5, 0.6) is 5.75 Å². The normalized spacial score (nSPS) is 11.7.